The highest BCUT2D eigenvalue weighted by Gasteiger charge is 2.14. The van der Waals surface area contributed by atoms with Crippen molar-refractivity contribution in [3.8, 4) is 11.5 Å². The summed E-state index contributed by atoms with van der Waals surface area (Å²) in [4.78, 5) is 5.99. The second kappa shape index (κ2) is 7.55. The quantitative estimate of drug-likeness (QED) is 0.476. The van der Waals surface area contributed by atoms with E-state index >= 15 is 0 Å². The molecule has 9 nitrogen and oxygen atoms in total. The van der Waals surface area contributed by atoms with Gasteiger partial charge >= 0.3 is 0 Å². The van der Waals surface area contributed by atoms with Crippen LogP contribution in [0.5, 0.6) is 11.5 Å². The first-order chi connectivity index (χ1) is 13.6. The van der Waals surface area contributed by atoms with Crippen LogP contribution in [-0.2, 0) is 6.54 Å². The van der Waals surface area contributed by atoms with Crippen LogP contribution in [0, 0.1) is 13.8 Å². The minimum Gasteiger partial charge on any atom is -0.508 e. The Labute approximate surface area is 161 Å². The number of hydrogen-bond donors (Lipinski definition) is 2. The van der Waals surface area contributed by atoms with Gasteiger partial charge in [0.2, 0.25) is 0 Å². The molecule has 2 N–H and O–H groups in total. The number of nitrogens with one attached hydrogen (secondary N) is 1. The Morgan fingerprint density at radius 3 is 2.75 bits per heavy atom. The van der Waals surface area contributed by atoms with Crippen molar-refractivity contribution in [2.75, 3.05) is 11.9 Å². The second-order valence-corrected chi connectivity index (χ2v) is 6.47. The van der Waals surface area contributed by atoms with E-state index in [0.717, 1.165) is 34.5 Å². The molecule has 0 amide bonds. The fraction of sp³-hybridized carbons (Fsp3) is 0.263. The maximum absolute atomic E-state index is 9.93. The van der Waals surface area contributed by atoms with Crippen LogP contribution in [0.3, 0.4) is 0 Å². The Morgan fingerprint density at radius 2 is 1.96 bits per heavy atom. The average molecular weight is 379 g/mol. The predicted octanol–water partition coefficient (Wildman–Crippen LogP) is 2.86. The summed E-state index contributed by atoms with van der Waals surface area (Å²) in [6.07, 6.45) is 7.44. The van der Waals surface area contributed by atoms with E-state index in [1.807, 2.05) is 32.2 Å². The molecule has 4 aromatic rings. The number of fused-ring (bicyclic) bond motifs is 1. The van der Waals surface area contributed by atoms with E-state index in [2.05, 4.69) is 25.6 Å². The van der Waals surface area contributed by atoms with E-state index in [4.69, 9.17) is 4.74 Å². The number of hydrogen-bond acceptors (Lipinski definition) is 7. The van der Waals surface area contributed by atoms with Gasteiger partial charge in [-0.15, -0.1) is 0 Å². The molecule has 0 radical (unpaired) electrons. The summed E-state index contributed by atoms with van der Waals surface area (Å²) < 4.78 is 7.67. The number of phenolic OH excluding ortho intramolecular Hbond substituents is 1. The Morgan fingerprint density at radius 1 is 1.14 bits per heavy atom. The van der Waals surface area contributed by atoms with E-state index in [9.17, 15) is 5.11 Å². The fourth-order valence-corrected chi connectivity index (χ4v) is 2.95. The van der Waals surface area contributed by atoms with Crippen LogP contribution in [0.4, 0.5) is 11.5 Å². The van der Waals surface area contributed by atoms with Crippen molar-refractivity contribution in [3.63, 3.8) is 0 Å². The van der Waals surface area contributed by atoms with Crippen molar-refractivity contribution in [2.24, 2.45) is 0 Å². The zero-order valence-electron chi connectivity index (χ0n) is 15.7. The van der Waals surface area contributed by atoms with Gasteiger partial charge in [0, 0.05) is 23.7 Å². The Kier molecular flexibility index (Phi) is 4.79. The van der Waals surface area contributed by atoms with Gasteiger partial charge in [0.15, 0.2) is 5.82 Å². The molecule has 9 heteroatoms. The molecule has 0 spiro atoms. The van der Waals surface area contributed by atoms with Gasteiger partial charge in [0.25, 0.3) is 0 Å². The third-order valence-electron chi connectivity index (χ3n) is 4.48. The monoisotopic (exact) mass is 379 g/mol. The zero-order chi connectivity index (χ0) is 19.5. The highest BCUT2D eigenvalue weighted by Crippen LogP contribution is 2.31. The molecule has 0 bridgehead atoms. The fourth-order valence-electron chi connectivity index (χ4n) is 2.95. The van der Waals surface area contributed by atoms with E-state index in [0.29, 0.717) is 19.0 Å². The molecule has 0 aliphatic carbocycles. The van der Waals surface area contributed by atoms with Crippen molar-refractivity contribution in [1.29, 1.82) is 0 Å². The third kappa shape index (κ3) is 3.59. The number of anilines is 2. The number of phenols is 1. The van der Waals surface area contributed by atoms with E-state index in [-0.39, 0.29) is 5.75 Å². The average Bonchev–Trinajstić information content (AvgIpc) is 3.31. The van der Waals surface area contributed by atoms with Crippen LogP contribution in [0.15, 0.2) is 43.1 Å². The highest BCUT2D eigenvalue weighted by atomic mass is 16.5. The lowest BCUT2D eigenvalue weighted by Crippen LogP contribution is -2.07. The molecule has 0 aliphatic rings. The maximum Gasteiger partial charge on any atom is 0.158 e. The molecule has 0 saturated carbocycles. The molecular weight excluding hydrogens is 358 g/mol. The van der Waals surface area contributed by atoms with Crippen molar-refractivity contribution in [1.82, 2.24) is 29.6 Å². The summed E-state index contributed by atoms with van der Waals surface area (Å²) in [6, 6.07) is 5.42. The van der Waals surface area contributed by atoms with Gasteiger partial charge in [-0.1, -0.05) is 6.07 Å². The van der Waals surface area contributed by atoms with E-state index < -0.39 is 0 Å². The number of ether oxygens (including phenoxy) is 1. The molecule has 0 aliphatic heterocycles. The molecule has 0 atom stereocenters. The van der Waals surface area contributed by atoms with Gasteiger partial charge in [-0.05, 0) is 25.5 Å². The number of benzene rings is 1. The lowest BCUT2D eigenvalue weighted by molar-refractivity contribution is 0.292. The van der Waals surface area contributed by atoms with Crippen molar-refractivity contribution in [3.05, 3.63) is 54.2 Å². The highest BCUT2D eigenvalue weighted by molar-refractivity contribution is 5.78. The van der Waals surface area contributed by atoms with E-state index in [1.165, 1.54) is 6.33 Å². The number of rotatable bonds is 7. The van der Waals surface area contributed by atoms with Gasteiger partial charge in [0.05, 0.1) is 31.7 Å². The minimum atomic E-state index is 0.234. The lowest BCUT2D eigenvalue weighted by Gasteiger charge is -2.09. The minimum absolute atomic E-state index is 0.234. The van der Waals surface area contributed by atoms with Crippen LogP contribution in [0.2, 0.25) is 0 Å². The molecule has 28 heavy (non-hydrogen) atoms. The van der Waals surface area contributed by atoms with E-state index in [1.54, 1.807) is 27.8 Å². The van der Waals surface area contributed by atoms with Crippen LogP contribution in [0.1, 0.15) is 17.5 Å². The van der Waals surface area contributed by atoms with Gasteiger partial charge in [-0.25, -0.2) is 9.50 Å². The molecule has 0 unspecified atom stereocenters. The summed E-state index contributed by atoms with van der Waals surface area (Å²) in [5.41, 5.74) is 3.33. The lowest BCUT2D eigenvalue weighted by atomic mass is 10.2. The standard InChI is InChI=1S/C19H21N7O2/c1-13-4-5-15(10-16(13)27)24-19-18-14(2)17(11-25(18)23-12-20-19)28-9-3-8-26-21-6-7-22-26/h4-7,10-12,27H,3,8-9H2,1-2H3,(H,20,23,24). The summed E-state index contributed by atoms with van der Waals surface area (Å²) in [5.74, 6) is 1.63. The molecule has 144 valence electrons. The zero-order valence-corrected chi connectivity index (χ0v) is 15.7. The molecule has 3 heterocycles. The Balaban J connectivity index is 1.51. The number of nitrogens with zero attached hydrogens (tertiary/aromatic N) is 6. The first kappa shape index (κ1) is 17.8. The predicted molar refractivity (Wildman–Crippen MR) is 104 cm³/mol. The second-order valence-electron chi connectivity index (χ2n) is 6.47. The number of aromatic nitrogens is 6. The molecule has 4 rings (SSSR count). The van der Waals surface area contributed by atoms with Crippen LogP contribution in [0.25, 0.3) is 5.52 Å². The Hall–Kier alpha value is -3.62. The normalized spacial score (nSPS) is 11.1. The van der Waals surface area contributed by atoms with Crippen molar-refractivity contribution >= 4 is 17.0 Å². The van der Waals surface area contributed by atoms with Crippen LogP contribution in [-0.4, -0.2) is 41.3 Å². The molecular formula is C19H21N7O2. The largest absolute Gasteiger partial charge is 0.508 e. The number of aryl methyl sites for hydroxylation is 3. The van der Waals surface area contributed by atoms with Gasteiger partial charge in [0.1, 0.15) is 23.3 Å². The van der Waals surface area contributed by atoms with Crippen LogP contribution < -0.4 is 10.1 Å². The summed E-state index contributed by atoms with van der Waals surface area (Å²) in [7, 11) is 0. The van der Waals surface area contributed by atoms with Crippen molar-refractivity contribution in [2.45, 2.75) is 26.8 Å². The molecule has 3 aromatic heterocycles. The third-order valence-corrected chi connectivity index (χ3v) is 4.48. The maximum atomic E-state index is 9.93. The first-order valence-electron chi connectivity index (χ1n) is 8.98. The summed E-state index contributed by atoms with van der Waals surface area (Å²) in [6.45, 7) is 5.07. The smallest absolute Gasteiger partial charge is 0.158 e. The summed E-state index contributed by atoms with van der Waals surface area (Å²) >= 11 is 0. The van der Waals surface area contributed by atoms with Crippen LogP contribution >= 0.6 is 0 Å². The van der Waals surface area contributed by atoms with Gasteiger partial charge in [-0.2, -0.15) is 20.1 Å². The topological polar surface area (TPSA) is 102 Å². The summed E-state index contributed by atoms with van der Waals surface area (Å²) in [5, 5.41) is 25.6. The molecule has 1 aromatic carbocycles. The SMILES string of the molecule is Cc1ccc(Nc2ncnn3cc(OCCCn4nccn4)c(C)c23)cc1O. The molecule has 0 fully saturated rings. The van der Waals surface area contributed by atoms with Gasteiger partial charge < -0.3 is 15.2 Å². The van der Waals surface area contributed by atoms with Gasteiger partial charge in [-0.3, -0.25) is 0 Å². The molecule has 0 saturated heterocycles. The number of aromatic hydroxyl groups is 1. The first-order valence-corrected chi connectivity index (χ1v) is 8.98. The Bertz CT molecular complexity index is 1090. The van der Waals surface area contributed by atoms with Crippen molar-refractivity contribution < 1.29 is 9.84 Å².